The van der Waals surface area contributed by atoms with Crippen molar-refractivity contribution < 1.29 is 14.7 Å². The molecule has 0 saturated carbocycles. The molecule has 0 radical (unpaired) electrons. The first kappa shape index (κ1) is 20.7. The van der Waals surface area contributed by atoms with Gasteiger partial charge in [-0.1, -0.05) is 23.4 Å². The first-order valence-electron chi connectivity index (χ1n) is 9.81. The fraction of sp³-hybridized carbons (Fsp3) is 0.364. The quantitative estimate of drug-likeness (QED) is 0.254. The predicted octanol–water partition coefficient (Wildman–Crippen LogP) is 3.60. The molecular weight excluding hydrogens is 368 g/mol. The fourth-order valence-electron chi connectivity index (χ4n) is 3.24. The molecule has 2 heterocycles. The van der Waals surface area contributed by atoms with Crippen molar-refractivity contribution in [1.29, 1.82) is 0 Å². The van der Waals surface area contributed by atoms with E-state index in [1.807, 2.05) is 55.2 Å². The second-order valence-corrected chi connectivity index (χ2v) is 7.07. The molecule has 29 heavy (non-hydrogen) atoms. The van der Waals surface area contributed by atoms with Gasteiger partial charge in [0.15, 0.2) is 17.3 Å². The molecule has 7 nitrogen and oxygen atoms in total. The van der Waals surface area contributed by atoms with E-state index in [2.05, 4.69) is 21.6 Å². The minimum absolute atomic E-state index is 0.0179. The van der Waals surface area contributed by atoms with Crippen molar-refractivity contribution in [3.05, 3.63) is 60.8 Å². The summed E-state index contributed by atoms with van der Waals surface area (Å²) in [4.78, 5) is 8.73. The number of pyridine rings is 1. The summed E-state index contributed by atoms with van der Waals surface area (Å²) in [6.07, 6.45) is 3.58. The summed E-state index contributed by atoms with van der Waals surface area (Å²) in [5, 5.41) is 13.4. The highest BCUT2D eigenvalue weighted by Crippen LogP contribution is 2.33. The van der Waals surface area contributed by atoms with Crippen LogP contribution in [0.5, 0.6) is 17.4 Å². The maximum absolute atomic E-state index is 9.77. The van der Waals surface area contributed by atoms with E-state index in [9.17, 15) is 5.21 Å². The van der Waals surface area contributed by atoms with Gasteiger partial charge in [0.25, 0.3) is 0 Å². The van der Waals surface area contributed by atoms with Crippen molar-refractivity contribution in [3.63, 3.8) is 0 Å². The second-order valence-electron chi connectivity index (χ2n) is 7.07. The summed E-state index contributed by atoms with van der Waals surface area (Å²) in [7, 11) is 0. The van der Waals surface area contributed by atoms with Crippen LogP contribution in [0.25, 0.3) is 0 Å². The Morgan fingerprint density at radius 2 is 1.90 bits per heavy atom. The molecule has 2 aromatic rings. The summed E-state index contributed by atoms with van der Waals surface area (Å²) in [5.41, 5.74) is 0.631. The van der Waals surface area contributed by atoms with Crippen LogP contribution in [-0.4, -0.2) is 64.7 Å². The molecule has 0 spiro atoms. The van der Waals surface area contributed by atoms with Gasteiger partial charge in [0.1, 0.15) is 0 Å². The molecule has 1 N–H and O–H groups in total. The molecule has 7 heteroatoms. The molecule has 1 fully saturated rings. The van der Waals surface area contributed by atoms with Crippen LogP contribution in [-0.2, 0) is 0 Å². The number of ether oxygens (including phenoxy) is 2. The standard InChI is InChI=1S/C22H28N4O3/c1-4-12-25-13-15-26(16-14-25)21(24-27)18-8-7-11-23-22(18)29-20-10-6-5-9-19(20)28-17(2)3/h4-11,17,27H,1,12-16H2,2-3H3/b24-21-. The number of hydrogen-bond donors (Lipinski definition) is 1. The predicted molar refractivity (Wildman–Crippen MR) is 113 cm³/mol. The van der Waals surface area contributed by atoms with Crippen LogP contribution >= 0.6 is 0 Å². The molecule has 0 bridgehead atoms. The van der Waals surface area contributed by atoms with Gasteiger partial charge in [-0.2, -0.15) is 0 Å². The molecule has 0 aliphatic carbocycles. The van der Waals surface area contributed by atoms with Crippen molar-refractivity contribution in [3.8, 4) is 17.4 Å². The Morgan fingerprint density at radius 3 is 2.55 bits per heavy atom. The third kappa shape index (κ3) is 5.26. The van der Waals surface area contributed by atoms with Gasteiger partial charge in [0.2, 0.25) is 5.88 Å². The number of para-hydroxylation sites is 2. The molecule has 1 aliphatic heterocycles. The van der Waals surface area contributed by atoms with Gasteiger partial charge in [-0.05, 0) is 38.1 Å². The highest BCUT2D eigenvalue weighted by atomic mass is 16.5. The molecule has 0 unspecified atom stereocenters. The van der Waals surface area contributed by atoms with E-state index in [4.69, 9.17) is 9.47 Å². The number of hydrogen-bond acceptors (Lipinski definition) is 6. The zero-order chi connectivity index (χ0) is 20.6. The van der Waals surface area contributed by atoms with Crippen LogP contribution in [0.15, 0.2) is 60.4 Å². The average Bonchev–Trinajstić information content (AvgIpc) is 2.72. The molecule has 1 aromatic carbocycles. The lowest BCUT2D eigenvalue weighted by atomic mass is 10.2. The molecule has 1 saturated heterocycles. The normalized spacial score (nSPS) is 15.4. The monoisotopic (exact) mass is 396 g/mol. The van der Waals surface area contributed by atoms with Crippen LogP contribution in [0.3, 0.4) is 0 Å². The van der Waals surface area contributed by atoms with Crippen LogP contribution in [0, 0.1) is 0 Å². The summed E-state index contributed by atoms with van der Waals surface area (Å²) in [5.74, 6) is 2.02. The number of nitrogens with zero attached hydrogens (tertiary/aromatic N) is 4. The van der Waals surface area contributed by atoms with E-state index in [0.29, 0.717) is 28.8 Å². The van der Waals surface area contributed by atoms with Gasteiger partial charge >= 0.3 is 0 Å². The van der Waals surface area contributed by atoms with Crippen molar-refractivity contribution >= 4 is 5.84 Å². The average molecular weight is 396 g/mol. The summed E-state index contributed by atoms with van der Waals surface area (Å²) in [6, 6.07) is 11.1. The van der Waals surface area contributed by atoms with Gasteiger partial charge in [-0.15, -0.1) is 6.58 Å². The zero-order valence-electron chi connectivity index (χ0n) is 17.0. The Hall–Kier alpha value is -3.06. The highest BCUT2D eigenvalue weighted by molar-refractivity contribution is 6.00. The SMILES string of the molecule is C=CCN1CCN(/C(=N\O)c2cccnc2Oc2ccccc2OC(C)C)CC1. The number of piperazine rings is 1. The van der Waals surface area contributed by atoms with E-state index < -0.39 is 0 Å². The fourth-order valence-corrected chi connectivity index (χ4v) is 3.24. The van der Waals surface area contributed by atoms with Gasteiger partial charge in [0.05, 0.1) is 11.7 Å². The smallest absolute Gasteiger partial charge is 0.230 e. The summed E-state index contributed by atoms with van der Waals surface area (Å²) in [6.45, 7) is 11.8. The molecule has 3 rings (SSSR count). The van der Waals surface area contributed by atoms with Crippen molar-refractivity contribution in [2.24, 2.45) is 5.16 Å². The van der Waals surface area contributed by atoms with E-state index in [1.54, 1.807) is 12.3 Å². The Morgan fingerprint density at radius 1 is 1.17 bits per heavy atom. The number of benzene rings is 1. The first-order valence-corrected chi connectivity index (χ1v) is 9.81. The lowest BCUT2D eigenvalue weighted by Crippen LogP contribution is -2.49. The van der Waals surface area contributed by atoms with E-state index in [-0.39, 0.29) is 6.10 Å². The first-order chi connectivity index (χ1) is 14.1. The second kappa shape index (κ2) is 9.93. The minimum Gasteiger partial charge on any atom is -0.487 e. The third-order valence-corrected chi connectivity index (χ3v) is 4.58. The molecule has 0 atom stereocenters. The molecule has 0 amide bonds. The third-order valence-electron chi connectivity index (χ3n) is 4.58. The lowest BCUT2D eigenvalue weighted by molar-refractivity contribution is 0.192. The molecule has 1 aliphatic rings. The maximum atomic E-state index is 9.77. The zero-order valence-corrected chi connectivity index (χ0v) is 17.0. The topological polar surface area (TPSA) is 70.4 Å². The Balaban J connectivity index is 1.83. The Bertz CT molecular complexity index is 845. The van der Waals surface area contributed by atoms with Crippen LogP contribution < -0.4 is 9.47 Å². The lowest BCUT2D eigenvalue weighted by Gasteiger charge is -2.35. The van der Waals surface area contributed by atoms with Gasteiger partial charge in [-0.25, -0.2) is 4.98 Å². The number of amidine groups is 1. The number of rotatable bonds is 7. The molecule has 1 aromatic heterocycles. The summed E-state index contributed by atoms with van der Waals surface area (Å²) < 4.78 is 11.9. The maximum Gasteiger partial charge on any atom is 0.230 e. The Labute approximate surface area is 171 Å². The van der Waals surface area contributed by atoms with Crippen LogP contribution in [0.1, 0.15) is 19.4 Å². The van der Waals surface area contributed by atoms with E-state index in [0.717, 1.165) is 32.7 Å². The molecular formula is C22H28N4O3. The highest BCUT2D eigenvalue weighted by Gasteiger charge is 2.24. The van der Waals surface area contributed by atoms with E-state index >= 15 is 0 Å². The van der Waals surface area contributed by atoms with Gasteiger partial charge in [0, 0.05) is 38.9 Å². The largest absolute Gasteiger partial charge is 0.487 e. The van der Waals surface area contributed by atoms with Gasteiger partial charge in [-0.3, -0.25) is 4.90 Å². The number of aromatic nitrogens is 1. The van der Waals surface area contributed by atoms with Gasteiger partial charge < -0.3 is 19.6 Å². The molecule has 154 valence electrons. The van der Waals surface area contributed by atoms with Crippen molar-refractivity contribution in [2.45, 2.75) is 20.0 Å². The minimum atomic E-state index is 0.0179. The summed E-state index contributed by atoms with van der Waals surface area (Å²) >= 11 is 0. The van der Waals surface area contributed by atoms with Crippen molar-refractivity contribution in [2.75, 3.05) is 32.7 Å². The Kier molecular flexibility index (Phi) is 7.08. The number of oxime groups is 1. The van der Waals surface area contributed by atoms with E-state index in [1.165, 1.54) is 0 Å². The van der Waals surface area contributed by atoms with Crippen LogP contribution in [0.2, 0.25) is 0 Å². The van der Waals surface area contributed by atoms with Crippen molar-refractivity contribution in [1.82, 2.24) is 14.8 Å². The van der Waals surface area contributed by atoms with Crippen LogP contribution in [0.4, 0.5) is 0 Å².